The van der Waals surface area contributed by atoms with Crippen molar-refractivity contribution in [3.63, 3.8) is 0 Å². The number of hydrogen-bond donors (Lipinski definition) is 1. The number of alkyl carbamates (subject to hydrolysis) is 1. The summed E-state index contributed by atoms with van der Waals surface area (Å²) in [5, 5.41) is 13.5. The second kappa shape index (κ2) is 8.17. The lowest BCUT2D eigenvalue weighted by molar-refractivity contribution is -0.385. The summed E-state index contributed by atoms with van der Waals surface area (Å²) in [7, 11) is 0. The van der Waals surface area contributed by atoms with Crippen molar-refractivity contribution in [3.8, 4) is 0 Å². The first kappa shape index (κ1) is 21.3. The van der Waals surface area contributed by atoms with E-state index in [-0.39, 0.29) is 30.3 Å². The summed E-state index contributed by atoms with van der Waals surface area (Å²) in [5.41, 5.74) is -0.904. The molecule has 0 radical (unpaired) electrons. The molecule has 1 aliphatic rings. The van der Waals surface area contributed by atoms with Gasteiger partial charge in [0.2, 0.25) is 5.95 Å². The highest BCUT2D eigenvalue weighted by Gasteiger charge is 2.38. The van der Waals surface area contributed by atoms with Crippen molar-refractivity contribution in [2.24, 2.45) is 0 Å². The zero-order valence-corrected chi connectivity index (χ0v) is 16.6. The van der Waals surface area contributed by atoms with E-state index in [0.717, 1.165) is 30.6 Å². The second-order valence-corrected chi connectivity index (χ2v) is 7.93. The van der Waals surface area contributed by atoms with Crippen LogP contribution >= 0.6 is 0 Å². The van der Waals surface area contributed by atoms with Crippen molar-refractivity contribution in [1.82, 2.24) is 15.3 Å². The van der Waals surface area contributed by atoms with Crippen LogP contribution in [0.2, 0.25) is 0 Å². The van der Waals surface area contributed by atoms with Crippen LogP contribution in [0.1, 0.15) is 32.3 Å². The summed E-state index contributed by atoms with van der Waals surface area (Å²) in [6.45, 7) is 5.47. The zero-order valence-electron chi connectivity index (χ0n) is 16.6. The van der Waals surface area contributed by atoms with E-state index in [4.69, 9.17) is 4.74 Å². The molecule has 1 fully saturated rings. The molecule has 1 aromatic heterocycles. The number of nitrogens with zero attached hydrogens (tertiary/aromatic N) is 4. The first-order valence-electron chi connectivity index (χ1n) is 9.19. The van der Waals surface area contributed by atoms with Gasteiger partial charge in [0.15, 0.2) is 0 Å². The number of halogens is 2. The minimum atomic E-state index is -0.733. The number of amides is 1. The van der Waals surface area contributed by atoms with Crippen LogP contribution in [-0.4, -0.2) is 45.7 Å². The Bertz CT molecular complexity index is 949. The maximum Gasteiger partial charge on any atom is 0.407 e. The lowest BCUT2D eigenvalue weighted by Gasteiger charge is -2.24. The molecule has 3 rings (SSSR count). The van der Waals surface area contributed by atoms with Crippen LogP contribution in [0.15, 0.2) is 30.6 Å². The molecule has 0 bridgehead atoms. The molecule has 1 aromatic carbocycles. The molecule has 2 atom stereocenters. The van der Waals surface area contributed by atoms with Gasteiger partial charge in [-0.15, -0.1) is 0 Å². The van der Waals surface area contributed by atoms with Crippen LogP contribution < -0.4 is 10.2 Å². The van der Waals surface area contributed by atoms with Gasteiger partial charge in [-0.2, -0.15) is 0 Å². The van der Waals surface area contributed by atoms with Gasteiger partial charge in [0.05, 0.1) is 11.0 Å². The number of aromatic nitrogens is 2. The highest BCUT2D eigenvalue weighted by Crippen LogP contribution is 2.32. The molecule has 0 aliphatic carbocycles. The number of carbonyl (C=O) groups is 1. The number of nitro groups is 1. The predicted octanol–water partition coefficient (Wildman–Crippen LogP) is 3.16. The van der Waals surface area contributed by atoms with Crippen LogP contribution in [0, 0.1) is 21.7 Å². The van der Waals surface area contributed by atoms with Gasteiger partial charge in [-0.05, 0) is 44.5 Å². The molecular weight excluding hydrogens is 400 g/mol. The molecule has 1 aliphatic heterocycles. The monoisotopic (exact) mass is 421 g/mol. The molecule has 11 heteroatoms. The van der Waals surface area contributed by atoms with Crippen molar-refractivity contribution in [2.75, 3.05) is 18.0 Å². The van der Waals surface area contributed by atoms with Crippen molar-refractivity contribution >= 4 is 17.7 Å². The summed E-state index contributed by atoms with van der Waals surface area (Å²) in [6.07, 6.45) is 1.43. The average molecular weight is 421 g/mol. The third kappa shape index (κ3) is 4.97. The fourth-order valence-corrected chi connectivity index (χ4v) is 3.26. The van der Waals surface area contributed by atoms with Gasteiger partial charge in [-0.3, -0.25) is 10.1 Å². The van der Waals surface area contributed by atoms with Crippen molar-refractivity contribution in [2.45, 2.75) is 38.3 Å². The van der Waals surface area contributed by atoms with E-state index in [1.807, 2.05) is 0 Å². The summed E-state index contributed by atoms with van der Waals surface area (Å²) >= 11 is 0. The predicted molar refractivity (Wildman–Crippen MR) is 103 cm³/mol. The highest BCUT2D eigenvalue weighted by molar-refractivity contribution is 5.68. The van der Waals surface area contributed by atoms with E-state index >= 15 is 0 Å². The smallest absolute Gasteiger partial charge is 0.407 e. The van der Waals surface area contributed by atoms with E-state index < -0.39 is 40.2 Å². The molecule has 9 nitrogen and oxygen atoms in total. The SMILES string of the molecule is CC(C)(C)OC(=O)N[C@H]1CN(c2ncc([N+](=O)[O-])cn2)C[C@@H]1c1cc(F)ccc1F. The quantitative estimate of drug-likeness (QED) is 0.596. The average Bonchev–Trinajstić information content (AvgIpc) is 3.05. The van der Waals surface area contributed by atoms with Crippen LogP contribution in [0.25, 0.3) is 0 Å². The lowest BCUT2D eigenvalue weighted by Crippen LogP contribution is -2.43. The Morgan fingerprint density at radius 2 is 1.93 bits per heavy atom. The number of ether oxygens (including phenoxy) is 1. The van der Waals surface area contributed by atoms with E-state index in [1.165, 1.54) is 0 Å². The molecule has 0 unspecified atom stereocenters. The molecule has 0 spiro atoms. The fourth-order valence-electron chi connectivity index (χ4n) is 3.26. The maximum atomic E-state index is 14.4. The molecule has 2 aromatic rings. The number of benzene rings is 1. The standard InChI is InChI=1S/C19H21F2N5O4/c1-19(2,3)30-18(27)24-16-10-25(17-22-7-12(8-23-17)26(28)29)9-14(16)13-6-11(20)4-5-15(13)21/h4-8,14,16H,9-10H2,1-3H3,(H,24,27)/t14-,16+/m1/s1. The Labute approximate surface area is 171 Å². The number of rotatable bonds is 4. The summed E-state index contributed by atoms with van der Waals surface area (Å²) in [4.78, 5) is 32.1. The minimum Gasteiger partial charge on any atom is -0.444 e. The maximum absolute atomic E-state index is 14.4. The van der Waals surface area contributed by atoms with E-state index in [9.17, 15) is 23.7 Å². The fraction of sp³-hybridized carbons (Fsp3) is 0.421. The first-order chi connectivity index (χ1) is 14.0. The normalized spacial score (nSPS) is 18.9. The van der Waals surface area contributed by atoms with E-state index in [0.29, 0.717) is 0 Å². The van der Waals surface area contributed by atoms with Crippen molar-refractivity contribution in [1.29, 1.82) is 0 Å². The summed E-state index contributed by atoms with van der Waals surface area (Å²) in [6, 6.07) is 2.50. The van der Waals surface area contributed by atoms with E-state index in [2.05, 4.69) is 15.3 Å². The van der Waals surface area contributed by atoms with Crippen molar-refractivity contribution in [3.05, 3.63) is 57.9 Å². The third-order valence-corrected chi connectivity index (χ3v) is 4.50. The van der Waals surface area contributed by atoms with Crippen molar-refractivity contribution < 1.29 is 23.2 Å². The van der Waals surface area contributed by atoms with Gasteiger partial charge in [-0.25, -0.2) is 23.5 Å². The molecule has 1 N–H and O–H groups in total. The molecule has 2 heterocycles. The molecule has 1 saturated heterocycles. The Kier molecular flexibility index (Phi) is 5.81. The van der Waals surface area contributed by atoms with E-state index in [1.54, 1.807) is 25.7 Å². The Morgan fingerprint density at radius 1 is 1.27 bits per heavy atom. The molecule has 0 saturated carbocycles. The summed E-state index contributed by atoms with van der Waals surface area (Å²) in [5.74, 6) is -1.65. The van der Waals surface area contributed by atoms with Gasteiger partial charge >= 0.3 is 11.8 Å². The largest absolute Gasteiger partial charge is 0.444 e. The van der Waals surface area contributed by atoms with Gasteiger partial charge in [0.25, 0.3) is 0 Å². The van der Waals surface area contributed by atoms with Crippen LogP contribution in [0.4, 0.5) is 25.2 Å². The van der Waals surface area contributed by atoms with Gasteiger partial charge in [-0.1, -0.05) is 0 Å². The van der Waals surface area contributed by atoms with Crippen LogP contribution in [0.5, 0.6) is 0 Å². The van der Waals surface area contributed by atoms with Gasteiger partial charge in [0, 0.05) is 19.0 Å². The number of carbonyl (C=O) groups excluding carboxylic acids is 1. The molecular formula is C19H21F2N5O4. The second-order valence-electron chi connectivity index (χ2n) is 7.93. The number of hydrogen-bond acceptors (Lipinski definition) is 7. The first-order valence-corrected chi connectivity index (χ1v) is 9.19. The zero-order chi connectivity index (χ0) is 22.1. The Hall–Kier alpha value is -3.37. The third-order valence-electron chi connectivity index (χ3n) is 4.50. The molecule has 160 valence electrons. The summed E-state index contributed by atoms with van der Waals surface area (Å²) < 4.78 is 33.5. The lowest BCUT2D eigenvalue weighted by atomic mass is 9.94. The van der Waals surface area contributed by atoms with Crippen LogP contribution in [-0.2, 0) is 4.74 Å². The Morgan fingerprint density at radius 3 is 2.53 bits per heavy atom. The number of anilines is 1. The van der Waals surface area contributed by atoms with Gasteiger partial charge in [0.1, 0.15) is 29.6 Å². The minimum absolute atomic E-state index is 0.0977. The van der Waals surface area contributed by atoms with Crippen LogP contribution in [0.3, 0.4) is 0 Å². The highest BCUT2D eigenvalue weighted by atomic mass is 19.1. The van der Waals surface area contributed by atoms with Gasteiger partial charge < -0.3 is 15.0 Å². The Balaban J connectivity index is 1.88. The topological polar surface area (TPSA) is 110 Å². The molecule has 1 amide bonds. The number of nitrogens with one attached hydrogen (secondary N) is 1. The molecule has 30 heavy (non-hydrogen) atoms.